The van der Waals surface area contributed by atoms with E-state index in [2.05, 4.69) is 80.5 Å². The van der Waals surface area contributed by atoms with Crippen molar-refractivity contribution in [3.8, 4) is 0 Å². The van der Waals surface area contributed by atoms with Gasteiger partial charge in [0.15, 0.2) is 41.6 Å². The molecular formula is C54H67FN18O19P2S2. The Morgan fingerprint density at radius 1 is 0.885 bits per heavy atom. The van der Waals surface area contributed by atoms with Crippen molar-refractivity contribution in [2.24, 2.45) is 11.7 Å². The van der Waals surface area contributed by atoms with Crippen molar-refractivity contribution in [2.45, 2.75) is 132 Å². The number of rotatable bonds is 28. The van der Waals surface area contributed by atoms with Crippen molar-refractivity contribution >= 4 is 131 Å². The number of benzene rings is 1. The van der Waals surface area contributed by atoms with Gasteiger partial charge in [0, 0.05) is 56.7 Å². The van der Waals surface area contributed by atoms with Crippen LogP contribution in [0.4, 0.5) is 31.3 Å². The molecule has 96 heavy (non-hydrogen) atoms. The van der Waals surface area contributed by atoms with Crippen molar-refractivity contribution < 1.29 is 94.4 Å². The molecule has 5 aromatic rings. The highest BCUT2D eigenvalue weighted by atomic mass is 32.7. The summed E-state index contributed by atoms with van der Waals surface area (Å²) in [4.78, 5) is 163. The predicted molar refractivity (Wildman–Crippen MR) is 335 cm³/mol. The lowest BCUT2D eigenvalue weighted by Gasteiger charge is -2.26. The molecule has 3 saturated heterocycles. The zero-order valence-corrected chi connectivity index (χ0v) is 54.5. The third-order valence-corrected chi connectivity index (χ3v) is 18.5. The summed E-state index contributed by atoms with van der Waals surface area (Å²) in [5.41, 5.74) is 17.2. The van der Waals surface area contributed by atoms with Crippen LogP contribution in [-0.2, 0) is 89.1 Å². The van der Waals surface area contributed by atoms with Crippen molar-refractivity contribution in [3.63, 3.8) is 0 Å². The van der Waals surface area contributed by atoms with Gasteiger partial charge in [-0.25, -0.2) is 53.2 Å². The highest BCUT2D eigenvalue weighted by Crippen LogP contribution is 2.65. The second-order valence-electron chi connectivity index (χ2n) is 23.1. The summed E-state index contributed by atoms with van der Waals surface area (Å²) >= 11 is 8.80. The SMILES string of the molecule is CC(C)[C@H](NC(=O)CCN1C(=O)C=CC1=O)C(=O)N[C@@H](CCCNC(N)=O)C(=O)Nc1ccc(COC(=O)NCC(=O)N2CCC[C@@H]2C(=O)O[C@@H]2CC3(C[C@H]3OP(=O)(S)O[C@H]3[C@@H](F)[C@H](n4cnc5c(N)ncnc54)O[C@@H]3COP(O)(O)=S)O[C@H]2n2cnc3c(N)ncnc32)cc1. The number of esters is 1. The Hall–Kier alpha value is -8.43. The quantitative estimate of drug-likeness (QED) is 0.0106. The number of imide groups is 1. The number of anilines is 3. The van der Waals surface area contributed by atoms with E-state index in [-0.39, 0.29) is 104 Å². The van der Waals surface area contributed by atoms with Crippen LogP contribution in [0.2, 0.25) is 0 Å². The molecule has 0 radical (unpaired) electrons. The number of urea groups is 1. The molecule has 1 saturated carbocycles. The van der Waals surface area contributed by atoms with Crippen LogP contribution < -0.4 is 43.8 Å². The number of primary amides is 1. The van der Waals surface area contributed by atoms with E-state index in [1.807, 2.05) is 0 Å². The molecule has 12 atom stereocenters. The highest BCUT2D eigenvalue weighted by Gasteiger charge is 2.67. The lowest BCUT2D eigenvalue weighted by Crippen LogP contribution is -2.54. The topological polar surface area (TPSA) is 508 Å². The number of alkyl halides is 1. The van der Waals surface area contributed by atoms with E-state index in [9.17, 15) is 57.5 Å². The van der Waals surface area contributed by atoms with E-state index in [0.29, 0.717) is 12.0 Å². The van der Waals surface area contributed by atoms with Crippen molar-refractivity contribution in [2.75, 3.05) is 49.6 Å². The molecule has 5 aliphatic rings. The zero-order chi connectivity index (χ0) is 69.0. The third-order valence-electron chi connectivity index (χ3n) is 16.1. The second-order valence-corrected chi connectivity index (χ2v) is 28.6. The van der Waals surface area contributed by atoms with Crippen molar-refractivity contribution in [1.29, 1.82) is 0 Å². The van der Waals surface area contributed by atoms with Crippen LogP contribution in [-0.4, -0.2) is 199 Å². The fraction of sp³-hybridized carbons (Fsp3) is 0.500. The van der Waals surface area contributed by atoms with Gasteiger partial charge in [-0.15, -0.1) is 0 Å². The number of hydrogen-bond donors (Lipinski definition) is 11. The average Bonchev–Trinajstić information content (AvgIpc) is 1.55. The fourth-order valence-electron chi connectivity index (χ4n) is 11.3. The van der Waals surface area contributed by atoms with E-state index >= 15 is 4.39 Å². The van der Waals surface area contributed by atoms with Gasteiger partial charge in [-0.2, -0.15) is 0 Å². The number of halogens is 1. The Morgan fingerprint density at radius 2 is 1.54 bits per heavy atom. The number of hydrogen-bond acceptors (Lipinski definition) is 26. The van der Waals surface area contributed by atoms with Gasteiger partial charge in [0.2, 0.25) is 23.6 Å². The molecule has 1 aromatic carbocycles. The number of nitrogens with zero attached hydrogens (tertiary/aromatic N) is 10. The summed E-state index contributed by atoms with van der Waals surface area (Å²) in [5, 5.41) is 12.8. The van der Waals surface area contributed by atoms with Gasteiger partial charge in [-0.3, -0.25) is 51.8 Å². The van der Waals surface area contributed by atoms with Crippen molar-refractivity contribution in [1.82, 2.24) is 70.1 Å². The maximum absolute atomic E-state index is 16.6. The van der Waals surface area contributed by atoms with Crippen LogP contribution in [0.25, 0.3) is 22.3 Å². The molecular weight excluding hydrogens is 1350 g/mol. The number of fused-ring (bicyclic) bond motifs is 2. The minimum atomic E-state index is -4.66. The smallest absolute Gasteiger partial charge is 0.407 e. The molecule has 1 aliphatic carbocycles. The van der Waals surface area contributed by atoms with E-state index in [0.717, 1.165) is 23.4 Å². The van der Waals surface area contributed by atoms with E-state index in [1.165, 1.54) is 57.3 Å². The first kappa shape index (κ1) is 70.4. The van der Waals surface area contributed by atoms with Crippen LogP contribution in [0.3, 0.4) is 0 Å². The number of carbonyl (C=O) groups is 9. The molecule has 4 aromatic heterocycles. The summed E-state index contributed by atoms with van der Waals surface area (Å²) in [6.45, 7) is -7.31. The van der Waals surface area contributed by atoms with Gasteiger partial charge in [-0.1, -0.05) is 38.2 Å². The number of alkyl carbamates (subject to hydrolysis) is 1. The first-order valence-corrected chi connectivity index (χ1v) is 35.1. The molecule has 1 spiro atoms. The number of likely N-dealkylation sites (tertiary alicyclic amines) is 1. The minimum Gasteiger partial charge on any atom is -0.456 e. The number of nitrogen functional groups attached to an aromatic ring is 2. The van der Waals surface area contributed by atoms with Crippen LogP contribution in [0.5, 0.6) is 0 Å². The number of thiol groups is 1. The minimum absolute atomic E-state index is 0.0114. The summed E-state index contributed by atoms with van der Waals surface area (Å²) in [5.74, 6) is -5.07. The molecule has 4 fully saturated rings. The Kier molecular flexibility index (Phi) is 21.6. The van der Waals surface area contributed by atoms with E-state index < -0.39 is 153 Å². The van der Waals surface area contributed by atoms with E-state index in [1.54, 1.807) is 13.8 Å². The van der Waals surface area contributed by atoms with Gasteiger partial charge >= 0.3 is 31.6 Å². The largest absolute Gasteiger partial charge is 0.456 e. The van der Waals surface area contributed by atoms with Gasteiger partial charge in [0.1, 0.15) is 85.0 Å². The van der Waals surface area contributed by atoms with Crippen molar-refractivity contribution in [3.05, 3.63) is 67.3 Å². The number of aromatic nitrogens is 8. The molecule has 8 heterocycles. The monoisotopic (exact) mass is 1420 g/mol. The summed E-state index contributed by atoms with van der Waals surface area (Å²) in [7, 11) is 0. The molecule has 516 valence electrons. The van der Waals surface area contributed by atoms with Crippen LogP contribution in [0.1, 0.15) is 76.8 Å². The van der Waals surface area contributed by atoms with Crippen LogP contribution in [0.15, 0.2) is 61.7 Å². The van der Waals surface area contributed by atoms with Gasteiger partial charge in [0.25, 0.3) is 11.8 Å². The predicted octanol–water partition coefficient (Wildman–Crippen LogP) is 0.318. The van der Waals surface area contributed by atoms with E-state index in [4.69, 9.17) is 49.7 Å². The number of nitrogens with one attached hydrogen (secondary N) is 5. The average molecular weight is 1420 g/mol. The summed E-state index contributed by atoms with van der Waals surface area (Å²) in [6.07, 6.45) is -4.14. The Bertz CT molecular complexity index is 3940. The number of amides is 9. The van der Waals surface area contributed by atoms with Crippen LogP contribution in [0, 0.1) is 5.92 Å². The number of nitrogens with two attached hydrogens (primary N) is 3. The van der Waals surface area contributed by atoms with Crippen LogP contribution >= 0.6 is 25.8 Å². The Balaban J connectivity index is 0.725. The molecule has 9 amide bonds. The maximum atomic E-state index is 16.6. The lowest BCUT2D eigenvalue weighted by molar-refractivity contribution is -0.163. The normalized spacial score (nSPS) is 24.3. The van der Waals surface area contributed by atoms with Gasteiger partial charge < -0.3 is 81.9 Å². The molecule has 42 heteroatoms. The molecule has 4 aliphatic heterocycles. The summed E-state index contributed by atoms with van der Waals surface area (Å²) < 4.78 is 74.2. The summed E-state index contributed by atoms with van der Waals surface area (Å²) in [6, 6.07) is 1.84. The van der Waals surface area contributed by atoms with Gasteiger partial charge in [-0.05, 0) is 61.1 Å². The molecule has 10 rings (SSSR count). The maximum Gasteiger partial charge on any atom is 0.407 e. The van der Waals surface area contributed by atoms with Gasteiger partial charge in [0.05, 0.1) is 19.3 Å². The second kappa shape index (κ2) is 29.5. The highest BCUT2D eigenvalue weighted by molar-refractivity contribution is 8.44. The first-order valence-electron chi connectivity index (χ1n) is 29.8. The number of ether oxygens (including phenoxy) is 4. The number of imidazole rings is 2. The lowest BCUT2D eigenvalue weighted by atomic mass is 10.0. The number of carbonyl (C=O) groups excluding carboxylic acids is 9. The standard InChI is InChI=1S/C54H67FN18O19P2S2/c1-26(2)39(69-34(74)13-16-71-35(75)11-12-36(71)76)48(79)68-29(5-3-14-59-52(58)81)47(78)67-28-9-7-27(8-10-28)20-86-53(82)60-19-37(77)70-15-4-6-30(70)51(80)89-31-17-54(90-49(31)72-24-65-40-43(56)61-22-63-45(40)72)18-33(54)91-94(85,96)92-42-32(21-87-93(83,84)95)88-50(38(42)55)73-25-66-41-44(57)62-23-64-46(41)73/h7-12,22-26,29-33,38-39,42,49-50H,3-6,13-21H2,1-2H3,(H,60,82)(H,67,78)(H,68,79)(H,69,74)(H,85,96)(H2,56,61,63)(H2,57,62,64)(H3,58,59,81)(H2,83,84,95)/t29-,30+,31+,32+,33+,38+,39-,42+,49+,50+,54?,94?/m0/s1. The zero-order valence-electron chi connectivity index (χ0n) is 51.0. The molecule has 2 unspecified atom stereocenters. The third kappa shape index (κ3) is 16.7. The fourth-order valence-corrected chi connectivity index (χ4v) is 13.7. The Labute approximate surface area is 553 Å². The first-order chi connectivity index (χ1) is 45.6. The Morgan fingerprint density at radius 3 is 2.18 bits per heavy atom. The molecule has 13 N–H and O–H groups in total. The molecule has 37 nitrogen and oxygen atoms in total. The molecule has 0 bridgehead atoms.